The van der Waals surface area contributed by atoms with Crippen molar-refractivity contribution in [3.05, 3.63) is 42.0 Å². The van der Waals surface area contributed by atoms with Crippen molar-refractivity contribution in [2.75, 3.05) is 26.0 Å². The Hall–Kier alpha value is -4.17. The van der Waals surface area contributed by atoms with Gasteiger partial charge in [-0.2, -0.15) is 10.2 Å². The van der Waals surface area contributed by atoms with Crippen molar-refractivity contribution in [1.82, 2.24) is 34.8 Å². The molecule has 1 aromatic carbocycles. The summed E-state index contributed by atoms with van der Waals surface area (Å²) >= 11 is 0. The molecule has 1 aliphatic heterocycles. The van der Waals surface area contributed by atoms with Gasteiger partial charge in [0, 0.05) is 24.6 Å². The molecule has 1 saturated heterocycles. The summed E-state index contributed by atoms with van der Waals surface area (Å²) in [5, 5.41) is 13.3. The normalized spacial score (nSPS) is 17.9. The van der Waals surface area contributed by atoms with Crippen LogP contribution in [0.1, 0.15) is 44.5 Å². The number of amides is 1. The van der Waals surface area contributed by atoms with Crippen molar-refractivity contribution in [3.8, 4) is 11.8 Å². The van der Waals surface area contributed by atoms with Crippen LogP contribution >= 0.6 is 0 Å². The van der Waals surface area contributed by atoms with Crippen LogP contribution in [0, 0.1) is 11.8 Å². The van der Waals surface area contributed by atoms with Crippen LogP contribution in [-0.4, -0.2) is 72.8 Å². The highest BCUT2D eigenvalue weighted by atomic mass is 16.6. The molecule has 0 bridgehead atoms. The Morgan fingerprint density at radius 3 is 2.89 bits per heavy atom. The maximum absolute atomic E-state index is 12.9. The fraction of sp³-hybridized carbons (Fsp3) is 0.400. The number of nitrogen functional groups attached to an aromatic ring is 1. The number of nitrogens with two attached hydrogens (primary N) is 1. The van der Waals surface area contributed by atoms with Gasteiger partial charge in [0.25, 0.3) is 0 Å². The van der Waals surface area contributed by atoms with Gasteiger partial charge >= 0.3 is 6.09 Å². The van der Waals surface area contributed by atoms with E-state index >= 15 is 0 Å². The first-order chi connectivity index (χ1) is 17.2. The van der Waals surface area contributed by atoms with Crippen molar-refractivity contribution in [3.63, 3.8) is 0 Å². The topological polar surface area (TPSA) is 137 Å². The molecular weight excluding hydrogens is 460 g/mol. The number of nitrogens with zero attached hydrogens (tertiary/aromatic N) is 6. The summed E-state index contributed by atoms with van der Waals surface area (Å²) < 4.78 is 12.8. The van der Waals surface area contributed by atoms with Gasteiger partial charge in [0.05, 0.1) is 35.8 Å². The van der Waals surface area contributed by atoms with Crippen molar-refractivity contribution < 1.29 is 14.3 Å². The Morgan fingerprint density at radius 2 is 2.11 bits per heavy atom. The molecule has 1 amide bonds. The number of hydrogen-bond acceptors (Lipinski definition) is 8. The van der Waals surface area contributed by atoms with Gasteiger partial charge in [-0.15, -0.1) is 0 Å². The monoisotopic (exact) mass is 488 g/mol. The van der Waals surface area contributed by atoms with Crippen molar-refractivity contribution in [2.45, 2.75) is 44.9 Å². The molecule has 0 saturated carbocycles. The van der Waals surface area contributed by atoms with E-state index in [-0.39, 0.29) is 18.2 Å². The first-order valence-corrected chi connectivity index (χ1v) is 11.7. The number of hydrogen-bond donors (Lipinski definition) is 2. The van der Waals surface area contributed by atoms with E-state index in [0.29, 0.717) is 42.1 Å². The summed E-state index contributed by atoms with van der Waals surface area (Å²) in [5.74, 6) is 6.61. The summed E-state index contributed by atoms with van der Waals surface area (Å²) in [6.07, 6.45) is 3.40. The van der Waals surface area contributed by atoms with Gasteiger partial charge in [-0.25, -0.2) is 19.4 Å². The largest absolute Gasteiger partial charge is 0.444 e. The number of carbonyl (C=O) groups excluding carboxylic acids is 1. The van der Waals surface area contributed by atoms with Gasteiger partial charge in [0.15, 0.2) is 5.65 Å². The lowest BCUT2D eigenvalue weighted by molar-refractivity contribution is 0.0145. The first kappa shape index (κ1) is 23.6. The van der Waals surface area contributed by atoms with E-state index in [1.54, 1.807) is 22.9 Å². The predicted molar refractivity (Wildman–Crippen MR) is 134 cm³/mol. The molecule has 0 spiro atoms. The molecule has 3 aromatic heterocycles. The number of methoxy groups -OCH3 is 1. The minimum absolute atomic E-state index is 0.160. The highest BCUT2D eigenvalue weighted by molar-refractivity contribution is 5.90. The minimum atomic E-state index is -0.602. The molecule has 186 valence electrons. The van der Waals surface area contributed by atoms with Crippen LogP contribution in [0.15, 0.2) is 30.7 Å². The first-order valence-electron chi connectivity index (χ1n) is 11.7. The van der Waals surface area contributed by atoms with Crippen LogP contribution in [0.25, 0.3) is 21.9 Å². The quantitative estimate of drug-likeness (QED) is 0.420. The molecule has 1 aliphatic rings. The maximum Gasteiger partial charge on any atom is 0.410 e. The van der Waals surface area contributed by atoms with Crippen LogP contribution < -0.4 is 5.73 Å². The van der Waals surface area contributed by atoms with Crippen LogP contribution in [0.5, 0.6) is 0 Å². The molecule has 4 aromatic rings. The molecule has 3 N–H and O–H groups in total. The standard InChI is InChI=1S/C25H28N8O3/c1-25(2,3)36-24(34)32-12-17(10-18(32)13-35-4)33-23-21(22(26)27-14-28-23)20(31-33)8-6-15-5-7-19-16(9-15)11-29-30-19/h5,7,9,11,14,17-18H,10,12-13H2,1-4H3,(H,29,30)(H2,26,27,28)/t17-,18+/m0/s1. The number of benzene rings is 1. The Bertz CT molecular complexity index is 1490. The molecule has 4 heterocycles. The zero-order valence-electron chi connectivity index (χ0n) is 20.6. The molecule has 0 radical (unpaired) electrons. The Morgan fingerprint density at radius 1 is 1.28 bits per heavy atom. The summed E-state index contributed by atoms with van der Waals surface area (Å²) in [6.45, 7) is 6.32. The number of H-pyrrole nitrogens is 1. The summed E-state index contributed by atoms with van der Waals surface area (Å²) in [6, 6.07) is 5.48. The molecule has 36 heavy (non-hydrogen) atoms. The SMILES string of the molecule is COC[C@H]1C[C@H](n2nc(C#Cc3ccc4[nH]ncc4c3)c3c(N)ncnc32)CN1C(=O)OC(C)(C)C. The fourth-order valence-electron chi connectivity index (χ4n) is 4.45. The second-order valence-corrected chi connectivity index (χ2v) is 9.80. The smallest absolute Gasteiger partial charge is 0.410 e. The number of nitrogens with one attached hydrogen (secondary N) is 1. The molecule has 11 nitrogen and oxygen atoms in total. The van der Waals surface area contributed by atoms with E-state index in [4.69, 9.17) is 20.3 Å². The zero-order valence-corrected chi connectivity index (χ0v) is 20.6. The second-order valence-electron chi connectivity index (χ2n) is 9.80. The van der Waals surface area contributed by atoms with Crippen LogP contribution in [0.2, 0.25) is 0 Å². The minimum Gasteiger partial charge on any atom is -0.444 e. The number of fused-ring (bicyclic) bond motifs is 2. The number of likely N-dealkylation sites (tertiary alicyclic amines) is 1. The second kappa shape index (κ2) is 9.13. The van der Waals surface area contributed by atoms with Gasteiger partial charge < -0.3 is 20.1 Å². The molecule has 0 unspecified atom stereocenters. The van der Waals surface area contributed by atoms with Crippen LogP contribution in [0.4, 0.5) is 10.6 Å². The van der Waals surface area contributed by atoms with Crippen LogP contribution in [0.3, 0.4) is 0 Å². The zero-order chi connectivity index (χ0) is 25.4. The number of carbonyl (C=O) groups is 1. The van der Waals surface area contributed by atoms with E-state index in [2.05, 4.69) is 32.0 Å². The van der Waals surface area contributed by atoms with Gasteiger partial charge in [-0.1, -0.05) is 5.92 Å². The van der Waals surface area contributed by atoms with E-state index in [0.717, 1.165) is 16.5 Å². The number of rotatable bonds is 3. The van der Waals surface area contributed by atoms with Crippen molar-refractivity contribution in [2.24, 2.45) is 0 Å². The third kappa shape index (κ3) is 4.55. The predicted octanol–water partition coefficient (Wildman–Crippen LogP) is 2.88. The van der Waals surface area contributed by atoms with E-state index in [1.165, 1.54) is 6.33 Å². The van der Waals surface area contributed by atoms with Crippen molar-refractivity contribution >= 4 is 33.8 Å². The Balaban J connectivity index is 1.50. The number of aromatic nitrogens is 6. The number of anilines is 1. The van der Waals surface area contributed by atoms with E-state index < -0.39 is 5.60 Å². The van der Waals surface area contributed by atoms with Gasteiger partial charge in [0.1, 0.15) is 23.4 Å². The molecular formula is C25H28N8O3. The highest BCUT2D eigenvalue weighted by Gasteiger charge is 2.39. The summed E-state index contributed by atoms with van der Waals surface area (Å²) in [5.41, 5.74) is 8.44. The van der Waals surface area contributed by atoms with E-state index in [9.17, 15) is 4.79 Å². The van der Waals surface area contributed by atoms with Gasteiger partial charge in [0.2, 0.25) is 0 Å². The average molecular weight is 489 g/mol. The molecule has 11 heteroatoms. The Labute approximate surface area is 208 Å². The van der Waals surface area contributed by atoms with E-state index in [1.807, 2.05) is 39.0 Å². The maximum atomic E-state index is 12.9. The molecule has 5 rings (SSSR count). The van der Waals surface area contributed by atoms with Crippen LogP contribution in [-0.2, 0) is 9.47 Å². The Kier molecular flexibility index (Phi) is 5.97. The van der Waals surface area contributed by atoms with Gasteiger partial charge in [-0.05, 0) is 51.3 Å². The number of ether oxygens (including phenoxy) is 2. The lowest BCUT2D eigenvalue weighted by atomic mass is 10.1. The third-order valence-corrected chi connectivity index (χ3v) is 6.01. The van der Waals surface area contributed by atoms with Gasteiger partial charge in [-0.3, -0.25) is 5.10 Å². The average Bonchev–Trinajstić information content (AvgIpc) is 3.53. The van der Waals surface area contributed by atoms with Crippen molar-refractivity contribution in [1.29, 1.82) is 0 Å². The number of aromatic amines is 1. The highest BCUT2D eigenvalue weighted by Crippen LogP contribution is 2.32. The molecule has 2 atom stereocenters. The third-order valence-electron chi connectivity index (χ3n) is 6.01. The summed E-state index contributed by atoms with van der Waals surface area (Å²) in [4.78, 5) is 23.2. The molecule has 0 aliphatic carbocycles. The summed E-state index contributed by atoms with van der Waals surface area (Å²) in [7, 11) is 1.62. The lowest BCUT2D eigenvalue weighted by Crippen LogP contribution is -2.41. The fourth-order valence-corrected chi connectivity index (χ4v) is 4.45. The molecule has 1 fully saturated rings. The lowest BCUT2D eigenvalue weighted by Gasteiger charge is -2.28.